The van der Waals surface area contributed by atoms with E-state index < -0.39 is 6.09 Å². The van der Waals surface area contributed by atoms with Crippen LogP contribution in [0.3, 0.4) is 0 Å². The van der Waals surface area contributed by atoms with Gasteiger partial charge < -0.3 is 10.0 Å². The fourth-order valence-electron chi connectivity index (χ4n) is 3.87. The number of hydrogen-bond acceptors (Lipinski definition) is 3. The van der Waals surface area contributed by atoms with Crippen molar-refractivity contribution in [3.8, 4) is 11.8 Å². The molecular weight excluding hydrogens is 314 g/mol. The van der Waals surface area contributed by atoms with E-state index in [0.717, 1.165) is 37.3 Å². The molecule has 3 rings (SSSR count). The molecule has 25 heavy (non-hydrogen) atoms. The van der Waals surface area contributed by atoms with Gasteiger partial charge in [-0.2, -0.15) is 0 Å². The molecule has 2 fully saturated rings. The topological polar surface area (TPSA) is 56.7 Å². The summed E-state index contributed by atoms with van der Waals surface area (Å²) in [6.07, 6.45) is 4.74. The number of piperidine rings is 2. The minimum absolute atomic E-state index is 0.207. The van der Waals surface area contributed by atoms with E-state index in [1.807, 2.05) is 25.1 Å². The highest BCUT2D eigenvalue weighted by atomic mass is 16.4. The highest BCUT2D eigenvalue weighted by Crippen LogP contribution is 2.26. The fourth-order valence-corrected chi connectivity index (χ4v) is 3.87. The molecular formula is C20H27N3O2. The number of aromatic nitrogens is 1. The normalized spacial score (nSPS) is 20.6. The maximum atomic E-state index is 11.2. The van der Waals surface area contributed by atoms with Gasteiger partial charge in [-0.1, -0.05) is 18.4 Å². The van der Waals surface area contributed by atoms with E-state index in [4.69, 9.17) is 5.11 Å². The van der Waals surface area contributed by atoms with Crippen LogP contribution in [-0.2, 0) is 0 Å². The van der Waals surface area contributed by atoms with Gasteiger partial charge in [-0.05, 0) is 69.7 Å². The van der Waals surface area contributed by atoms with Gasteiger partial charge in [0, 0.05) is 18.8 Å². The first-order valence-electron chi connectivity index (χ1n) is 9.30. The molecule has 3 heterocycles. The van der Waals surface area contributed by atoms with Crippen LogP contribution in [0.1, 0.15) is 43.5 Å². The Kier molecular flexibility index (Phi) is 5.93. The van der Waals surface area contributed by atoms with Crippen LogP contribution in [0.25, 0.3) is 0 Å². The number of pyridine rings is 1. The van der Waals surface area contributed by atoms with E-state index in [-0.39, 0.29) is 6.04 Å². The molecule has 5 nitrogen and oxygen atoms in total. The molecule has 0 aliphatic carbocycles. The summed E-state index contributed by atoms with van der Waals surface area (Å²) in [5.74, 6) is 7.21. The number of aryl methyl sites for hydroxylation is 1. The third-order valence-electron chi connectivity index (χ3n) is 5.28. The van der Waals surface area contributed by atoms with Crippen molar-refractivity contribution in [1.82, 2.24) is 14.8 Å². The second-order valence-corrected chi connectivity index (χ2v) is 7.08. The highest BCUT2D eigenvalue weighted by Gasteiger charge is 2.31. The van der Waals surface area contributed by atoms with Gasteiger partial charge in [0.15, 0.2) is 0 Å². The maximum absolute atomic E-state index is 11.2. The Bertz CT molecular complexity index is 650. The first-order chi connectivity index (χ1) is 12.1. The third-order valence-corrected chi connectivity index (χ3v) is 5.28. The lowest BCUT2D eigenvalue weighted by Crippen LogP contribution is -2.47. The lowest BCUT2D eigenvalue weighted by atomic mass is 9.87. The summed E-state index contributed by atoms with van der Waals surface area (Å²) in [5, 5.41) is 9.17. The molecule has 1 amide bonds. The van der Waals surface area contributed by atoms with Crippen LogP contribution in [0, 0.1) is 24.7 Å². The molecule has 2 saturated heterocycles. The molecule has 1 N–H and O–H groups in total. The van der Waals surface area contributed by atoms with Gasteiger partial charge in [0.2, 0.25) is 0 Å². The number of carboxylic acid groups (broad SMARTS) is 1. The molecule has 5 heteroatoms. The van der Waals surface area contributed by atoms with Crippen molar-refractivity contribution < 1.29 is 9.90 Å². The SMILES string of the molecule is Cc1cccc(C#CC(C2CCN(C(=O)O)CC2)N2CCCCC2)n1. The van der Waals surface area contributed by atoms with Crippen LogP contribution >= 0.6 is 0 Å². The van der Waals surface area contributed by atoms with E-state index in [9.17, 15) is 4.79 Å². The smallest absolute Gasteiger partial charge is 0.407 e. The van der Waals surface area contributed by atoms with E-state index in [2.05, 4.69) is 21.7 Å². The van der Waals surface area contributed by atoms with Crippen molar-refractivity contribution in [2.75, 3.05) is 26.2 Å². The second-order valence-electron chi connectivity index (χ2n) is 7.08. The average Bonchev–Trinajstić information content (AvgIpc) is 2.63. The number of nitrogens with zero attached hydrogens (tertiary/aromatic N) is 3. The zero-order valence-electron chi connectivity index (χ0n) is 14.9. The van der Waals surface area contributed by atoms with Gasteiger partial charge in [-0.3, -0.25) is 4.90 Å². The largest absolute Gasteiger partial charge is 0.465 e. The molecule has 1 aromatic rings. The number of likely N-dealkylation sites (tertiary alicyclic amines) is 2. The first kappa shape index (κ1) is 17.8. The Morgan fingerprint density at radius 1 is 1.20 bits per heavy atom. The Morgan fingerprint density at radius 2 is 1.92 bits per heavy atom. The van der Waals surface area contributed by atoms with Gasteiger partial charge in [0.25, 0.3) is 0 Å². The van der Waals surface area contributed by atoms with Crippen molar-refractivity contribution in [1.29, 1.82) is 0 Å². The molecule has 0 aromatic carbocycles. The molecule has 2 aliphatic rings. The van der Waals surface area contributed by atoms with E-state index in [1.54, 1.807) is 0 Å². The lowest BCUT2D eigenvalue weighted by molar-refractivity contribution is 0.0919. The summed E-state index contributed by atoms with van der Waals surface area (Å²) >= 11 is 0. The molecule has 1 unspecified atom stereocenters. The summed E-state index contributed by atoms with van der Waals surface area (Å²) < 4.78 is 0. The van der Waals surface area contributed by atoms with Gasteiger partial charge in [0.05, 0.1) is 6.04 Å². The maximum Gasteiger partial charge on any atom is 0.407 e. The zero-order chi connectivity index (χ0) is 17.6. The van der Waals surface area contributed by atoms with Crippen molar-refractivity contribution in [2.45, 2.75) is 45.1 Å². The molecule has 0 radical (unpaired) electrons. The van der Waals surface area contributed by atoms with Crippen LogP contribution in [-0.4, -0.2) is 58.2 Å². The number of carbonyl (C=O) groups is 1. The van der Waals surface area contributed by atoms with Gasteiger partial charge in [0.1, 0.15) is 5.69 Å². The highest BCUT2D eigenvalue weighted by molar-refractivity contribution is 5.65. The van der Waals surface area contributed by atoms with Crippen LogP contribution < -0.4 is 0 Å². The lowest BCUT2D eigenvalue weighted by Gasteiger charge is -2.39. The van der Waals surface area contributed by atoms with E-state index in [0.29, 0.717) is 19.0 Å². The molecule has 0 bridgehead atoms. The predicted molar refractivity (Wildman–Crippen MR) is 97.4 cm³/mol. The Morgan fingerprint density at radius 3 is 2.56 bits per heavy atom. The fraction of sp³-hybridized carbons (Fsp3) is 0.600. The van der Waals surface area contributed by atoms with Crippen LogP contribution in [0.2, 0.25) is 0 Å². The van der Waals surface area contributed by atoms with Crippen LogP contribution in [0.15, 0.2) is 18.2 Å². The van der Waals surface area contributed by atoms with Crippen LogP contribution in [0.5, 0.6) is 0 Å². The second kappa shape index (κ2) is 8.35. The minimum Gasteiger partial charge on any atom is -0.465 e. The standard InChI is InChI=1S/C20H27N3O2/c1-16-6-5-7-18(21-16)8-9-19(22-12-3-2-4-13-22)17-10-14-23(15-11-17)20(24)25/h5-7,17,19H,2-4,10-15H2,1H3,(H,24,25). The predicted octanol–water partition coefficient (Wildman–Crippen LogP) is 2.99. The van der Waals surface area contributed by atoms with Gasteiger partial charge >= 0.3 is 6.09 Å². The Labute approximate surface area is 150 Å². The molecule has 2 aliphatic heterocycles. The Hall–Kier alpha value is -2.06. The van der Waals surface area contributed by atoms with Gasteiger partial charge in [-0.25, -0.2) is 9.78 Å². The summed E-state index contributed by atoms with van der Waals surface area (Å²) in [6, 6.07) is 6.14. The molecule has 134 valence electrons. The summed E-state index contributed by atoms with van der Waals surface area (Å²) in [7, 11) is 0. The van der Waals surface area contributed by atoms with E-state index >= 15 is 0 Å². The molecule has 1 aromatic heterocycles. The van der Waals surface area contributed by atoms with Crippen molar-refractivity contribution in [3.63, 3.8) is 0 Å². The van der Waals surface area contributed by atoms with Crippen molar-refractivity contribution in [3.05, 3.63) is 29.6 Å². The first-order valence-corrected chi connectivity index (χ1v) is 9.30. The average molecular weight is 341 g/mol. The zero-order valence-corrected chi connectivity index (χ0v) is 14.9. The van der Waals surface area contributed by atoms with Gasteiger partial charge in [-0.15, -0.1) is 0 Å². The molecule has 0 saturated carbocycles. The summed E-state index contributed by atoms with van der Waals surface area (Å²) in [4.78, 5) is 19.7. The number of amides is 1. The number of hydrogen-bond donors (Lipinski definition) is 1. The monoisotopic (exact) mass is 341 g/mol. The third kappa shape index (κ3) is 4.73. The molecule has 0 spiro atoms. The van der Waals surface area contributed by atoms with E-state index in [1.165, 1.54) is 24.2 Å². The van der Waals surface area contributed by atoms with Crippen LogP contribution in [0.4, 0.5) is 4.79 Å². The van der Waals surface area contributed by atoms with Crippen molar-refractivity contribution in [2.24, 2.45) is 5.92 Å². The number of rotatable bonds is 2. The quantitative estimate of drug-likeness (QED) is 0.840. The summed E-state index contributed by atoms with van der Waals surface area (Å²) in [5.41, 5.74) is 1.81. The minimum atomic E-state index is -0.803. The molecule has 1 atom stereocenters. The summed E-state index contributed by atoms with van der Waals surface area (Å²) in [6.45, 7) is 5.41. The Balaban J connectivity index is 1.75. The van der Waals surface area contributed by atoms with Crippen molar-refractivity contribution >= 4 is 6.09 Å².